The number of fused-ring (bicyclic) bond motifs is 2. The molecule has 1 heterocycles. The zero-order valence-electron chi connectivity index (χ0n) is 28.1. The number of benzene rings is 2. The van der Waals surface area contributed by atoms with Gasteiger partial charge in [0.1, 0.15) is 25.9 Å². The van der Waals surface area contributed by atoms with Gasteiger partial charge >= 0.3 is 5.97 Å². The molecule has 1 N–H and O–H groups in total. The van der Waals surface area contributed by atoms with Gasteiger partial charge < -0.3 is 28.8 Å². The Morgan fingerprint density at radius 3 is 1.49 bits per heavy atom. The molecule has 2 aromatic carbocycles. The number of carboxylic acids is 1. The molecule has 0 atom stereocenters. The Morgan fingerprint density at radius 1 is 0.698 bits per heavy atom. The molecule has 0 fully saturated rings. The van der Waals surface area contributed by atoms with Crippen LogP contribution >= 0.6 is 0 Å². The number of hydrogen-bond donors (Lipinski definition) is 1. The normalized spacial score (nSPS) is 16.0. The largest absolute Gasteiger partial charge is 0.490 e. The molecule has 3 rings (SSSR count). The second-order valence-electron chi connectivity index (χ2n) is 15.6. The van der Waals surface area contributed by atoms with E-state index in [4.69, 9.17) is 23.7 Å². The van der Waals surface area contributed by atoms with E-state index in [1.54, 1.807) is 0 Å². The highest BCUT2D eigenvalue weighted by atomic mass is 16.6. The molecule has 1 aliphatic rings. The van der Waals surface area contributed by atoms with Gasteiger partial charge in [0.2, 0.25) is 0 Å². The van der Waals surface area contributed by atoms with Crippen molar-refractivity contribution < 1.29 is 33.6 Å². The van der Waals surface area contributed by atoms with Crippen LogP contribution in [0.15, 0.2) is 36.4 Å². The van der Waals surface area contributed by atoms with Crippen LogP contribution in [0.3, 0.4) is 0 Å². The molecule has 0 saturated carbocycles. The van der Waals surface area contributed by atoms with Gasteiger partial charge in [0.15, 0.2) is 23.0 Å². The summed E-state index contributed by atoms with van der Waals surface area (Å²) in [6, 6.07) is 12.2. The van der Waals surface area contributed by atoms with E-state index in [0.717, 1.165) is 24.0 Å². The first-order valence-electron chi connectivity index (χ1n) is 15.5. The van der Waals surface area contributed by atoms with E-state index in [1.165, 1.54) is 0 Å². The molecule has 0 aliphatic carbocycles. The van der Waals surface area contributed by atoms with Crippen LogP contribution in [0.2, 0.25) is 0 Å². The first kappa shape index (κ1) is 34.6. The smallest absolute Gasteiger partial charge is 0.329 e. The number of aliphatic carboxylic acids is 1. The van der Waals surface area contributed by atoms with Crippen molar-refractivity contribution in [2.45, 2.75) is 105 Å². The van der Waals surface area contributed by atoms with Gasteiger partial charge in [-0.2, -0.15) is 0 Å². The molecule has 0 amide bonds. The van der Waals surface area contributed by atoms with Gasteiger partial charge in [-0.3, -0.25) is 0 Å². The van der Waals surface area contributed by atoms with Gasteiger partial charge in [-0.05, 0) is 69.9 Å². The first-order valence-corrected chi connectivity index (χ1v) is 15.5. The molecule has 0 bridgehead atoms. The zero-order valence-corrected chi connectivity index (χ0v) is 28.1. The molecule has 0 spiro atoms. The Hall–Kier alpha value is -2.93. The second kappa shape index (κ2) is 13.8. The molecule has 0 unspecified atom stereocenters. The quantitative estimate of drug-likeness (QED) is 0.344. The topological polar surface area (TPSA) is 83.5 Å². The lowest BCUT2D eigenvalue weighted by atomic mass is 9.72. The van der Waals surface area contributed by atoms with Gasteiger partial charge in [0.05, 0.1) is 13.2 Å². The molecule has 43 heavy (non-hydrogen) atoms. The Kier molecular flexibility index (Phi) is 11.1. The summed E-state index contributed by atoms with van der Waals surface area (Å²) in [7, 11) is 0. The van der Waals surface area contributed by atoms with Crippen molar-refractivity contribution in [2.24, 2.45) is 10.8 Å². The fraction of sp³-hybridized carbons (Fsp3) is 0.639. The van der Waals surface area contributed by atoms with Crippen molar-refractivity contribution >= 4 is 5.97 Å². The Labute approximate surface area is 259 Å². The molecule has 0 aromatic heterocycles. The predicted molar refractivity (Wildman–Crippen MR) is 171 cm³/mol. The summed E-state index contributed by atoms with van der Waals surface area (Å²) >= 11 is 0. The lowest BCUT2D eigenvalue weighted by Gasteiger charge is -2.33. The van der Waals surface area contributed by atoms with E-state index in [1.807, 2.05) is 24.3 Å². The van der Waals surface area contributed by atoms with Crippen LogP contribution in [0.25, 0.3) is 0 Å². The molecule has 2 aromatic rings. The van der Waals surface area contributed by atoms with Crippen molar-refractivity contribution in [3.8, 4) is 23.0 Å². The van der Waals surface area contributed by atoms with E-state index in [2.05, 4.69) is 81.4 Å². The predicted octanol–water partition coefficient (Wildman–Crippen LogP) is 8.20. The summed E-state index contributed by atoms with van der Waals surface area (Å²) in [6.07, 6.45) is 2.02. The maximum atomic E-state index is 11.4. The third-order valence-corrected chi connectivity index (χ3v) is 7.49. The number of carbonyl (C=O) groups is 1. The molecule has 0 saturated heterocycles. The van der Waals surface area contributed by atoms with E-state index >= 15 is 0 Å². The lowest BCUT2D eigenvalue weighted by molar-refractivity contribution is -0.145. The van der Waals surface area contributed by atoms with Crippen LogP contribution < -0.4 is 18.9 Å². The third-order valence-electron chi connectivity index (χ3n) is 7.49. The minimum Gasteiger partial charge on any atom is -0.490 e. The maximum Gasteiger partial charge on any atom is 0.329 e. The van der Waals surface area contributed by atoms with Crippen LogP contribution in [-0.2, 0) is 20.4 Å². The van der Waals surface area contributed by atoms with Crippen molar-refractivity contribution in [2.75, 3.05) is 33.0 Å². The van der Waals surface area contributed by atoms with Gasteiger partial charge in [-0.25, -0.2) is 4.79 Å². The van der Waals surface area contributed by atoms with Crippen LogP contribution in [0.5, 0.6) is 23.0 Å². The summed E-state index contributed by atoms with van der Waals surface area (Å²) in [4.78, 5) is 11.4. The van der Waals surface area contributed by atoms with Crippen molar-refractivity contribution in [3.63, 3.8) is 0 Å². The van der Waals surface area contributed by atoms with E-state index in [-0.39, 0.29) is 34.9 Å². The summed E-state index contributed by atoms with van der Waals surface area (Å²) in [6.45, 7) is 23.0. The molecular formula is C36H54O7. The third kappa shape index (κ3) is 10.9. The van der Waals surface area contributed by atoms with Crippen molar-refractivity contribution in [1.29, 1.82) is 0 Å². The van der Waals surface area contributed by atoms with Crippen LogP contribution in [0, 0.1) is 10.8 Å². The summed E-state index contributed by atoms with van der Waals surface area (Å²) in [5, 5.41) is 9.33. The molecular weight excluding hydrogens is 544 g/mol. The average Bonchev–Trinajstić information content (AvgIpc) is 2.85. The Morgan fingerprint density at radius 2 is 1.12 bits per heavy atom. The van der Waals surface area contributed by atoms with Crippen molar-refractivity contribution in [3.05, 3.63) is 47.5 Å². The summed E-state index contributed by atoms with van der Waals surface area (Å²) in [5.74, 6) is 1.43. The number of hydrogen-bond acceptors (Lipinski definition) is 6. The Bertz CT molecular complexity index is 1130. The van der Waals surface area contributed by atoms with Crippen LogP contribution in [-0.4, -0.2) is 50.2 Å². The molecule has 0 radical (unpaired) electrons. The SMILES string of the molecule is CC(C)(C)CC(C)(C)c1ccc2c(c1)OCC(OCC(=O)O)COc1cc(C(C)(C)CC(C)(C)C)ccc1OCCCO2. The van der Waals surface area contributed by atoms with Crippen LogP contribution in [0.4, 0.5) is 0 Å². The second-order valence-corrected chi connectivity index (χ2v) is 15.6. The van der Waals surface area contributed by atoms with Gasteiger partial charge in [0.25, 0.3) is 0 Å². The van der Waals surface area contributed by atoms with E-state index in [9.17, 15) is 9.90 Å². The fourth-order valence-corrected chi connectivity index (χ4v) is 6.30. The first-order chi connectivity index (χ1) is 19.8. The minimum absolute atomic E-state index is 0.0892. The monoisotopic (exact) mass is 598 g/mol. The van der Waals surface area contributed by atoms with Gasteiger partial charge in [-0.15, -0.1) is 0 Å². The number of carboxylic acid groups (broad SMARTS) is 1. The zero-order chi connectivity index (χ0) is 32.1. The standard InChI is InChI=1S/C36H54O7/c1-33(2,3)23-35(7,8)25-12-14-28-30(18-25)42-20-27(41-22-32(37)38)21-43-31-19-26(36(9,10)24-34(4,5)6)13-15-29(31)40-17-11-16-39-28/h12-15,18-19,27H,11,16-17,20-24H2,1-10H3,(H,37,38). The average molecular weight is 599 g/mol. The molecule has 1 aliphatic heterocycles. The highest BCUT2D eigenvalue weighted by Crippen LogP contribution is 2.41. The minimum atomic E-state index is -1.05. The van der Waals surface area contributed by atoms with Crippen LogP contribution in [0.1, 0.15) is 99.6 Å². The summed E-state index contributed by atoms with van der Waals surface area (Å²) < 4.78 is 30.7. The van der Waals surface area contributed by atoms with Gasteiger partial charge in [-0.1, -0.05) is 81.4 Å². The van der Waals surface area contributed by atoms with E-state index < -0.39 is 18.7 Å². The van der Waals surface area contributed by atoms with Gasteiger partial charge in [0, 0.05) is 6.42 Å². The molecule has 7 heteroatoms. The van der Waals surface area contributed by atoms with E-state index in [0.29, 0.717) is 42.6 Å². The van der Waals surface area contributed by atoms with Crippen molar-refractivity contribution in [1.82, 2.24) is 0 Å². The highest BCUT2D eigenvalue weighted by molar-refractivity contribution is 5.68. The summed E-state index contributed by atoms with van der Waals surface area (Å²) in [5.41, 5.74) is 2.42. The number of rotatable bonds is 7. The lowest BCUT2D eigenvalue weighted by Crippen LogP contribution is -2.31. The Balaban J connectivity index is 1.91. The molecule has 7 nitrogen and oxygen atoms in total. The number of ether oxygens (including phenoxy) is 5. The highest BCUT2D eigenvalue weighted by Gasteiger charge is 2.30. The molecule has 240 valence electrons. The fourth-order valence-electron chi connectivity index (χ4n) is 6.30. The maximum absolute atomic E-state index is 11.4.